The van der Waals surface area contributed by atoms with E-state index in [1.165, 1.54) is 0 Å². The van der Waals surface area contributed by atoms with Crippen molar-refractivity contribution in [1.82, 2.24) is 10.3 Å². The second-order valence-electron chi connectivity index (χ2n) is 7.02. The van der Waals surface area contributed by atoms with Gasteiger partial charge in [-0.05, 0) is 37.0 Å². The molecule has 1 atom stereocenters. The number of rotatable bonds is 4. The second-order valence-corrected chi connectivity index (χ2v) is 8.33. The van der Waals surface area contributed by atoms with Crippen molar-refractivity contribution in [2.75, 3.05) is 18.0 Å². The normalized spacial score (nSPS) is 22.3. The largest absolute Gasteiger partial charge is 0.351 e. The lowest BCUT2D eigenvalue weighted by Crippen LogP contribution is -2.47. The molecule has 4 rings (SSSR count). The van der Waals surface area contributed by atoms with Gasteiger partial charge in [-0.1, -0.05) is 36.6 Å². The van der Waals surface area contributed by atoms with Gasteiger partial charge in [0.1, 0.15) is 0 Å². The first-order chi connectivity index (χ1) is 12.2. The van der Waals surface area contributed by atoms with Crippen molar-refractivity contribution in [3.63, 3.8) is 0 Å². The summed E-state index contributed by atoms with van der Waals surface area (Å²) in [5.41, 5.74) is 0.709. The number of anilines is 1. The van der Waals surface area contributed by atoms with Crippen molar-refractivity contribution in [3.05, 3.63) is 46.4 Å². The third-order valence-corrected chi connectivity index (χ3v) is 6.59. The van der Waals surface area contributed by atoms with Gasteiger partial charge in [-0.15, -0.1) is 11.3 Å². The van der Waals surface area contributed by atoms with Crippen LogP contribution in [0.2, 0.25) is 5.02 Å². The van der Waals surface area contributed by atoms with Gasteiger partial charge in [0.05, 0.1) is 5.41 Å². The molecule has 6 heteroatoms. The number of hydrogen-bond donors (Lipinski definition) is 1. The Labute approximate surface area is 157 Å². The van der Waals surface area contributed by atoms with Crippen molar-refractivity contribution in [1.29, 1.82) is 0 Å². The lowest BCUT2D eigenvalue weighted by Gasteiger charge is -2.30. The monoisotopic (exact) mass is 375 g/mol. The van der Waals surface area contributed by atoms with Crippen LogP contribution in [0.4, 0.5) is 5.13 Å². The van der Waals surface area contributed by atoms with Crippen LogP contribution in [0.3, 0.4) is 0 Å². The van der Waals surface area contributed by atoms with Crippen LogP contribution in [-0.2, 0) is 10.2 Å². The van der Waals surface area contributed by atoms with Crippen LogP contribution >= 0.6 is 22.9 Å². The smallest absolute Gasteiger partial charge is 0.230 e. The van der Waals surface area contributed by atoms with Crippen LogP contribution in [0.25, 0.3) is 0 Å². The van der Waals surface area contributed by atoms with Crippen molar-refractivity contribution in [2.45, 2.75) is 43.6 Å². The summed E-state index contributed by atoms with van der Waals surface area (Å²) in [6.45, 7) is 1.79. The highest BCUT2D eigenvalue weighted by molar-refractivity contribution is 7.13. The highest BCUT2D eigenvalue weighted by Crippen LogP contribution is 2.42. The maximum absolute atomic E-state index is 13.2. The lowest BCUT2D eigenvalue weighted by atomic mass is 9.78. The van der Waals surface area contributed by atoms with E-state index in [1.54, 1.807) is 11.3 Å². The molecule has 4 nitrogen and oxygen atoms in total. The van der Waals surface area contributed by atoms with Crippen molar-refractivity contribution >= 4 is 34.0 Å². The minimum absolute atomic E-state index is 0.179. The summed E-state index contributed by atoms with van der Waals surface area (Å²) in [6, 6.07) is 8.02. The first kappa shape index (κ1) is 16.9. The van der Waals surface area contributed by atoms with Gasteiger partial charge in [0.15, 0.2) is 5.13 Å². The number of amides is 1. The van der Waals surface area contributed by atoms with Crippen molar-refractivity contribution in [3.8, 4) is 0 Å². The Morgan fingerprint density at radius 3 is 2.72 bits per heavy atom. The van der Waals surface area contributed by atoms with Crippen LogP contribution < -0.4 is 10.2 Å². The Kier molecular flexibility index (Phi) is 4.69. The molecule has 1 aromatic heterocycles. The molecule has 1 aliphatic heterocycles. The number of thiazole rings is 1. The van der Waals surface area contributed by atoms with Gasteiger partial charge in [-0.25, -0.2) is 4.98 Å². The van der Waals surface area contributed by atoms with E-state index in [0.717, 1.165) is 55.9 Å². The highest BCUT2D eigenvalue weighted by Gasteiger charge is 2.43. The van der Waals surface area contributed by atoms with E-state index >= 15 is 0 Å². The van der Waals surface area contributed by atoms with Gasteiger partial charge < -0.3 is 10.2 Å². The Morgan fingerprint density at radius 1 is 1.28 bits per heavy atom. The fourth-order valence-electron chi connectivity index (χ4n) is 4.14. The van der Waals surface area contributed by atoms with E-state index in [2.05, 4.69) is 15.2 Å². The molecule has 1 aliphatic carbocycles. The number of benzene rings is 1. The third-order valence-electron chi connectivity index (χ3n) is 5.50. The predicted molar refractivity (Wildman–Crippen MR) is 102 cm³/mol. The molecule has 1 aromatic carbocycles. The average Bonchev–Trinajstić information content (AvgIpc) is 3.37. The Hall–Kier alpha value is -1.59. The molecule has 0 radical (unpaired) electrons. The van der Waals surface area contributed by atoms with Gasteiger partial charge in [0.2, 0.25) is 5.91 Å². The molecule has 1 amide bonds. The minimum Gasteiger partial charge on any atom is -0.351 e. The first-order valence-corrected chi connectivity index (χ1v) is 10.1. The summed E-state index contributed by atoms with van der Waals surface area (Å²) < 4.78 is 0. The molecule has 0 spiro atoms. The molecule has 2 fully saturated rings. The van der Waals surface area contributed by atoms with E-state index in [0.29, 0.717) is 5.02 Å². The number of halogens is 1. The maximum atomic E-state index is 13.2. The summed E-state index contributed by atoms with van der Waals surface area (Å²) in [7, 11) is 0. The SMILES string of the molecule is O=C(N[C@H]1CCN(c2nccs2)C1)C1(c2ccc(Cl)cc2)CCCC1. The molecule has 25 heavy (non-hydrogen) atoms. The van der Waals surface area contributed by atoms with E-state index < -0.39 is 0 Å². The zero-order valence-electron chi connectivity index (χ0n) is 14.1. The molecule has 2 aliphatic rings. The standard InChI is InChI=1S/C19H22ClN3OS/c20-15-5-3-14(4-6-15)19(8-1-2-9-19)17(24)22-16-7-11-23(13-16)18-21-10-12-25-18/h3-6,10,12,16H,1-2,7-9,11,13H2,(H,22,24)/t16-/m0/s1. The number of carbonyl (C=O) groups is 1. The van der Waals surface area contributed by atoms with Crippen molar-refractivity contribution in [2.24, 2.45) is 0 Å². The quantitative estimate of drug-likeness (QED) is 0.878. The van der Waals surface area contributed by atoms with Crippen LogP contribution in [0.1, 0.15) is 37.7 Å². The van der Waals surface area contributed by atoms with Crippen LogP contribution in [-0.4, -0.2) is 30.0 Å². The summed E-state index contributed by atoms with van der Waals surface area (Å²) in [4.78, 5) is 19.9. The Morgan fingerprint density at radius 2 is 2.04 bits per heavy atom. The number of aromatic nitrogens is 1. The number of carbonyl (C=O) groups excluding carboxylic acids is 1. The third kappa shape index (κ3) is 3.27. The van der Waals surface area contributed by atoms with E-state index in [1.807, 2.05) is 35.8 Å². The van der Waals surface area contributed by atoms with Crippen molar-refractivity contribution < 1.29 is 4.79 Å². The molecular formula is C19H22ClN3OS. The van der Waals surface area contributed by atoms with Gasteiger partial charge in [-0.2, -0.15) is 0 Å². The topological polar surface area (TPSA) is 45.2 Å². The molecular weight excluding hydrogens is 354 g/mol. The predicted octanol–water partition coefficient (Wildman–Crippen LogP) is 4.00. The summed E-state index contributed by atoms with van der Waals surface area (Å²) in [6.07, 6.45) is 6.85. The Bertz CT molecular complexity index is 726. The summed E-state index contributed by atoms with van der Waals surface area (Å²) in [5.74, 6) is 0.179. The summed E-state index contributed by atoms with van der Waals surface area (Å²) in [5, 5.41) is 7.09. The molecule has 0 bridgehead atoms. The minimum atomic E-state index is -0.390. The average molecular weight is 376 g/mol. The number of nitrogens with zero attached hydrogens (tertiary/aromatic N) is 2. The van der Waals surface area contributed by atoms with Crippen LogP contribution in [0, 0.1) is 0 Å². The maximum Gasteiger partial charge on any atom is 0.230 e. The van der Waals surface area contributed by atoms with E-state index in [4.69, 9.17) is 11.6 Å². The molecule has 1 saturated heterocycles. The molecule has 1 N–H and O–H groups in total. The van der Waals surface area contributed by atoms with Gasteiger partial charge in [0.25, 0.3) is 0 Å². The van der Waals surface area contributed by atoms with Gasteiger partial charge in [0, 0.05) is 35.7 Å². The highest BCUT2D eigenvalue weighted by atomic mass is 35.5. The second kappa shape index (κ2) is 6.96. The number of hydrogen-bond acceptors (Lipinski definition) is 4. The van der Waals surface area contributed by atoms with E-state index in [-0.39, 0.29) is 17.4 Å². The van der Waals surface area contributed by atoms with Crippen LogP contribution in [0.5, 0.6) is 0 Å². The molecule has 132 valence electrons. The molecule has 1 saturated carbocycles. The zero-order valence-corrected chi connectivity index (χ0v) is 15.7. The van der Waals surface area contributed by atoms with Gasteiger partial charge >= 0.3 is 0 Å². The number of nitrogens with one attached hydrogen (secondary N) is 1. The summed E-state index contributed by atoms with van der Waals surface area (Å²) >= 11 is 7.69. The fraction of sp³-hybridized carbons (Fsp3) is 0.474. The molecule has 0 unspecified atom stereocenters. The van der Waals surface area contributed by atoms with Gasteiger partial charge in [-0.3, -0.25) is 4.79 Å². The zero-order chi connectivity index (χ0) is 17.3. The fourth-order valence-corrected chi connectivity index (χ4v) is 4.95. The first-order valence-electron chi connectivity index (χ1n) is 8.89. The molecule has 2 heterocycles. The molecule has 2 aromatic rings. The Balaban J connectivity index is 1.48. The van der Waals surface area contributed by atoms with Crippen LogP contribution in [0.15, 0.2) is 35.8 Å². The van der Waals surface area contributed by atoms with E-state index in [9.17, 15) is 4.79 Å². The lowest BCUT2D eigenvalue weighted by molar-refractivity contribution is -0.127.